The minimum Gasteiger partial charge on any atom is -0.399 e. The first-order valence-electron chi connectivity index (χ1n) is 6.92. The zero-order chi connectivity index (χ0) is 13.8. The Balaban J connectivity index is 1.93. The minimum atomic E-state index is -0.0330. The van der Waals surface area contributed by atoms with Gasteiger partial charge in [0.05, 0.1) is 0 Å². The Labute approximate surface area is 115 Å². The number of nitrogens with zero attached hydrogens (tertiary/aromatic N) is 1. The van der Waals surface area contributed by atoms with Crippen LogP contribution in [0.25, 0.3) is 0 Å². The highest BCUT2D eigenvalue weighted by Gasteiger charge is 2.19. The molecule has 4 nitrogen and oxygen atoms in total. The zero-order valence-corrected chi connectivity index (χ0v) is 11.8. The third-order valence-corrected chi connectivity index (χ3v) is 3.78. The molecule has 1 aliphatic rings. The molecule has 1 fully saturated rings. The van der Waals surface area contributed by atoms with Crippen LogP contribution in [0.5, 0.6) is 0 Å². The van der Waals surface area contributed by atoms with Crippen molar-refractivity contribution in [3.8, 4) is 0 Å². The van der Waals surface area contributed by atoms with Gasteiger partial charge in [-0.3, -0.25) is 4.79 Å². The summed E-state index contributed by atoms with van der Waals surface area (Å²) in [6.45, 7) is 3.78. The van der Waals surface area contributed by atoms with Gasteiger partial charge in [0.15, 0.2) is 0 Å². The molecule has 2 rings (SSSR count). The topological polar surface area (TPSA) is 58.4 Å². The van der Waals surface area contributed by atoms with Gasteiger partial charge in [-0.2, -0.15) is 0 Å². The summed E-state index contributed by atoms with van der Waals surface area (Å²) in [6.07, 6.45) is 3.67. The van der Waals surface area contributed by atoms with Crippen LogP contribution >= 0.6 is 0 Å². The number of carbonyl (C=O) groups excluding carboxylic acids is 1. The lowest BCUT2D eigenvalue weighted by molar-refractivity contribution is 0.0928. The van der Waals surface area contributed by atoms with Gasteiger partial charge in [-0.1, -0.05) is 6.42 Å². The maximum absolute atomic E-state index is 12.1. The van der Waals surface area contributed by atoms with Crippen LogP contribution in [-0.4, -0.2) is 37.0 Å². The van der Waals surface area contributed by atoms with Crippen molar-refractivity contribution < 1.29 is 4.79 Å². The first kappa shape index (κ1) is 13.9. The summed E-state index contributed by atoms with van der Waals surface area (Å²) in [4.78, 5) is 14.4. The zero-order valence-electron chi connectivity index (χ0n) is 11.8. The minimum absolute atomic E-state index is 0.0330. The molecular weight excluding hydrogens is 238 g/mol. The van der Waals surface area contributed by atoms with Crippen LogP contribution in [0.3, 0.4) is 0 Å². The number of aryl methyl sites for hydroxylation is 1. The van der Waals surface area contributed by atoms with Crippen molar-refractivity contribution in [2.45, 2.75) is 32.2 Å². The van der Waals surface area contributed by atoms with Gasteiger partial charge < -0.3 is 16.0 Å². The Hall–Kier alpha value is -1.55. The lowest BCUT2D eigenvalue weighted by atomic mass is 10.0. The number of hydrogen-bond donors (Lipinski definition) is 2. The Bertz CT molecular complexity index is 438. The highest BCUT2D eigenvalue weighted by molar-refractivity contribution is 5.95. The molecule has 0 aliphatic carbocycles. The van der Waals surface area contributed by atoms with Gasteiger partial charge in [0.25, 0.3) is 5.91 Å². The van der Waals surface area contributed by atoms with Crippen molar-refractivity contribution in [1.82, 2.24) is 10.2 Å². The molecule has 0 spiro atoms. The third kappa shape index (κ3) is 3.70. The standard InChI is InChI=1S/C15H23N3O/c1-11-7-12(9-13(16)8-11)15(19)17-10-14-5-3-4-6-18(14)2/h7-9,14H,3-6,10,16H2,1-2H3,(H,17,19). The average Bonchev–Trinajstić information content (AvgIpc) is 2.36. The molecule has 1 aromatic carbocycles. The van der Waals surface area contributed by atoms with Crippen molar-refractivity contribution in [2.75, 3.05) is 25.9 Å². The number of rotatable bonds is 3. The highest BCUT2D eigenvalue weighted by Crippen LogP contribution is 2.15. The molecule has 1 aromatic rings. The van der Waals surface area contributed by atoms with Gasteiger partial charge >= 0.3 is 0 Å². The van der Waals surface area contributed by atoms with Gasteiger partial charge in [0, 0.05) is 23.8 Å². The molecular formula is C15H23N3O. The monoisotopic (exact) mass is 261 g/mol. The molecule has 104 valence electrons. The molecule has 1 aliphatic heterocycles. The predicted molar refractivity (Wildman–Crippen MR) is 78.2 cm³/mol. The Morgan fingerprint density at radius 1 is 1.42 bits per heavy atom. The van der Waals surface area contributed by atoms with E-state index < -0.39 is 0 Å². The van der Waals surface area contributed by atoms with Gasteiger partial charge in [-0.05, 0) is 57.1 Å². The molecule has 0 aromatic heterocycles. The molecule has 1 atom stereocenters. The van der Waals surface area contributed by atoms with E-state index in [1.165, 1.54) is 12.8 Å². The number of carbonyl (C=O) groups is 1. The summed E-state index contributed by atoms with van der Waals surface area (Å²) in [6, 6.07) is 5.93. The lowest BCUT2D eigenvalue weighted by Crippen LogP contribution is -2.44. The molecule has 3 N–H and O–H groups in total. The largest absolute Gasteiger partial charge is 0.399 e. The van der Waals surface area contributed by atoms with Gasteiger partial charge in [0.1, 0.15) is 0 Å². The summed E-state index contributed by atoms with van der Waals surface area (Å²) in [5.74, 6) is -0.0330. The van der Waals surface area contributed by atoms with E-state index in [0.29, 0.717) is 23.8 Å². The lowest BCUT2D eigenvalue weighted by Gasteiger charge is -2.32. The number of hydrogen-bond acceptors (Lipinski definition) is 3. The SMILES string of the molecule is Cc1cc(N)cc(C(=O)NCC2CCCCN2C)c1. The van der Waals surface area contributed by atoms with Crippen LogP contribution in [-0.2, 0) is 0 Å². The van der Waals surface area contributed by atoms with Crippen molar-refractivity contribution in [2.24, 2.45) is 0 Å². The third-order valence-electron chi connectivity index (χ3n) is 3.78. The van der Waals surface area contributed by atoms with E-state index in [-0.39, 0.29) is 5.91 Å². The smallest absolute Gasteiger partial charge is 0.251 e. The van der Waals surface area contributed by atoms with E-state index >= 15 is 0 Å². The molecule has 1 amide bonds. The Kier molecular flexibility index (Phi) is 4.43. The normalized spacial score (nSPS) is 20.2. The van der Waals surface area contributed by atoms with E-state index in [4.69, 9.17) is 5.73 Å². The highest BCUT2D eigenvalue weighted by atomic mass is 16.1. The Morgan fingerprint density at radius 3 is 2.89 bits per heavy atom. The summed E-state index contributed by atoms with van der Waals surface area (Å²) >= 11 is 0. The van der Waals surface area contributed by atoms with Crippen LogP contribution in [0.1, 0.15) is 35.2 Å². The molecule has 0 radical (unpaired) electrons. The van der Waals surface area contributed by atoms with Gasteiger partial charge in [-0.15, -0.1) is 0 Å². The van der Waals surface area contributed by atoms with Crippen LogP contribution in [0.4, 0.5) is 5.69 Å². The second kappa shape index (κ2) is 6.06. The molecule has 1 unspecified atom stereocenters. The number of nitrogens with one attached hydrogen (secondary N) is 1. The fourth-order valence-corrected chi connectivity index (χ4v) is 2.66. The number of benzene rings is 1. The van der Waals surface area contributed by atoms with Crippen molar-refractivity contribution in [3.63, 3.8) is 0 Å². The number of likely N-dealkylation sites (N-methyl/N-ethyl adjacent to an activating group) is 1. The molecule has 0 bridgehead atoms. The van der Waals surface area contributed by atoms with E-state index in [2.05, 4.69) is 17.3 Å². The van der Waals surface area contributed by atoms with Gasteiger partial charge in [-0.25, -0.2) is 0 Å². The number of nitrogen functional groups attached to an aromatic ring is 1. The summed E-state index contributed by atoms with van der Waals surface area (Å²) in [5.41, 5.74) is 8.07. The number of piperidine rings is 1. The van der Waals surface area contributed by atoms with Gasteiger partial charge in [0.2, 0.25) is 0 Å². The molecule has 1 heterocycles. The van der Waals surface area contributed by atoms with E-state index in [0.717, 1.165) is 18.5 Å². The number of amides is 1. The molecule has 19 heavy (non-hydrogen) atoms. The van der Waals surface area contributed by atoms with E-state index in [9.17, 15) is 4.79 Å². The van der Waals surface area contributed by atoms with Crippen molar-refractivity contribution >= 4 is 11.6 Å². The molecule has 1 saturated heterocycles. The maximum atomic E-state index is 12.1. The number of nitrogens with two attached hydrogens (primary N) is 1. The molecule has 0 saturated carbocycles. The van der Waals surface area contributed by atoms with Crippen LogP contribution < -0.4 is 11.1 Å². The first-order chi connectivity index (χ1) is 9.06. The number of likely N-dealkylation sites (tertiary alicyclic amines) is 1. The second-order valence-electron chi connectivity index (χ2n) is 5.47. The average molecular weight is 261 g/mol. The fraction of sp³-hybridized carbons (Fsp3) is 0.533. The Morgan fingerprint density at radius 2 is 2.21 bits per heavy atom. The van der Waals surface area contributed by atoms with E-state index in [1.807, 2.05) is 19.1 Å². The van der Waals surface area contributed by atoms with E-state index in [1.54, 1.807) is 6.07 Å². The van der Waals surface area contributed by atoms with Crippen LogP contribution in [0, 0.1) is 6.92 Å². The first-order valence-corrected chi connectivity index (χ1v) is 6.92. The van der Waals surface area contributed by atoms with Crippen molar-refractivity contribution in [1.29, 1.82) is 0 Å². The quantitative estimate of drug-likeness (QED) is 0.816. The summed E-state index contributed by atoms with van der Waals surface area (Å²) < 4.78 is 0. The van der Waals surface area contributed by atoms with Crippen LogP contribution in [0.15, 0.2) is 18.2 Å². The van der Waals surface area contributed by atoms with Crippen molar-refractivity contribution in [3.05, 3.63) is 29.3 Å². The molecule has 4 heteroatoms. The fourth-order valence-electron chi connectivity index (χ4n) is 2.66. The number of anilines is 1. The summed E-state index contributed by atoms with van der Waals surface area (Å²) in [7, 11) is 2.13. The second-order valence-corrected chi connectivity index (χ2v) is 5.47. The predicted octanol–water partition coefficient (Wildman–Crippen LogP) is 1.79. The summed E-state index contributed by atoms with van der Waals surface area (Å²) in [5, 5.41) is 3.02. The van der Waals surface area contributed by atoms with Crippen LogP contribution in [0.2, 0.25) is 0 Å². The maximum Gasteiger partial charge on any atom is 0.251 e.